The van der Waals surface area contributed by atoms with Crippen molar-refractivity contribution in [3.05, 3.63) is 47.9 Å². The highest BCUT2D eigenvalue weighted by Gasteiger charge is 2.19. The van der Waals surface area contributed by atoms with Gasteiger partial charge in [-0.2, -0.15) is 4.98 Å². The molecule has 1 aromatic carbocycles. The highest BCUT2D eigenvalue weighted by molar-refractivity contribution is 7.98. The minimum absolute atomic E-state index is 0.579. The van der Waals surface area contributed by atoms with E-state index in [9.17, 15) is 0 Å². The molecular formula is C18H22N6OS. The smallest absolute Gasteiger partial charge is 0.237 e. The van der Waals surface area contributed by atoms with Crippen LogP contribution in [-0.2, 0) is 12.3 Å². The van der Waals surface area contributed by atoms with E-state index >= 15 is 0 Å². The van der Waals surface area contributed by atoms with Crippen LogP contribution >= 0.6 is 11.8 Å². The van der Waals surface area contributed by atoms with Crippen molar-refractivity contribution >= 4 is 11.8 Å². The van der Waals surface area contributed by atoms with Crippen molar-refractivity contribution in [2.75, 3.05) is 13.1 Å². The molecule has 0 unspecified atom stereocenters. The van der Waals surface area contributed by atoms with E-state index in [1.54, 1.807) is 11.8 Å². The molecule has 1 aliphatic rings. The third kappa shape index (κ3) is 3.96. The van der Waals surface area contributed by atoms with Crippen LogP contribution in [0.15, 0.2) is 40.0 Å². The highest BCUT2D eigenvalue weighted by Crippen LogP contribution is 2.25. The van der Waals surface area contributed by atoms with Gasteiger partial charge < -0.3 is 4.52 Å². The summed E-state index contributed by atoms with van der Waals surface area (Å²) >= 11 is 1.57. The Morgan fingerprint density at radius 1 is 1.08 bits per heavy atom. The molecule has 8 heteroatoms. The molecule has 136 valence electrons. The zero-order valence-electron chi connectivity index (χ0n) is 14.8. The molecule has 0 radical (unpaired) electrons. The van der Waals surface area contributed by atoms with E-state index in [-0.39, 0.29) is 0 Å². The third-order valence-electron chi connectivity index (χ3n) is 4.42. The fourth-order valence-corrected chi connectivity index (χ4v) is 3.98. The fraction of sp³-hybridized carbons (Fsp3) is 0.444. The zero-order valence-corrected chi connectivity index (χ0v) is 15.7. The van der Waals surface area contributed by atoms with E-state index in [1.165, 1.54) is 19.3 Å². The van der Waals surface area contributed by atoms with E-state index < -0.39 is 0 Å². The number of benzene rings is 1. The molecule has 7 nitrogen and oxygen atoms in total. The quantitative estimate of drug-likeness (QED) is 0.617. The molecule has 3 heterocycles. The lowest BCUT2D eigenvalue weighted by molar-refractivity contribution is 0.214. The Hall–Kier alpha value is -2.19. The Morgan fingerprint density at radius 3 is 2.62 bits per heavy atom. The van der Waals surface area contributed by atoms with Crippen molar-refractivity contribution in [3.63, 3.8) is 0 Å². The van der Waals surface area contributed by atoms with Crippen LogP contribution in [-0.4, -0.2) is 42.9 Å². The number of hydrogen-bond donors (Lipinski definition) is 0. The minimum Gasteiger partial charge on any atom is -0.338 e. The van der Waals surface area contributed by atoms with Crippen molar-refractivity contribution in [2.45, 2.75) is 43.6 Å². The second-order valence-electron chi connectivity index (χ2n) is 6.43. The Kier molecular flexibility index (Phi) is 5.31. The fourth-order valence-electron chi connectivity index (χ4n) is 3.18. The summed E-state index contributed by atoms with van der Waals surface area (Å²) in [4.78, 5) is 6.73. The molecule has 4 rings (SSSR count). The van der Waals surface area contributed by atoms with Gasteiger partial charge in [-0.25, -0.2) is 0 Å². The SMILES string of the molecule is Cc1noc(CSc2nnc(CN3CCCCC3)n2-c2ccccc2)n1. The van der Waals surface area contributed by atoms with Crippen molar-refractivity contribution < 1.29 is 4.52 Å². The van der Waals surface area contributed by atoms with Gasteiger partial charge >= 0.3 is 0 Å². The van der Waals surface area contributed by atoms with Gasteiger partial charge in [-0.3, -0.25) is 9.47 Å². The second-order valence-corrected chi connectivity index (χ2v) is 7.37. The third-order valence-corrected chi connectivity index (χ3v) is 5.34. The minimum atomic E-state index is 0.579. The van der Waals surface area contributed by atoms with E-state index in [0.717, 1.165) is 36.3 Å². The maximum atomic E-state index is 5.21. The summed E-state index contributed by atoms with van der Waals surface area (Å²) in [6.07, 6.45) is 3.85. The highest BCUT2D eigenvalue weighted by atomic mass is 32.2. The van der Waals surface area contributed by atoms with Crippen LogP contribution in [0.4, 0.5) is 0 Å². The number of piperidine rings is 1. The Labute approximate surface area is 156 Å². The number of para-hydroxylation sites is 1. The van der Waals surface area contributed by atoms with Crippen LogP contribution in [0, 0.1) is 6.92 Å². The molecular weight excluding hydrogens is 348 g/mol. The molecule has 1 aliphatic heterocycles. The number of nitrogens with zero attached hydrogens (tertiary/aromatic N) is 6. The van der Waals surface area contributed by atoms with Gasteiger partial charge in [-0.1, -0.05) is 41.5 Å². The van der Waals surface area contributed by atoms with Crippen LogP contribution in [0.5, 0.6) is 0 Å². The van der Waals surface area contributed by atoms with Gasteiger partial charge in [-0.05, 0) is 45.0 Å². The summed E-state index contributed by atoms with van der Waals surface area (Å²) < 4.78 is 7.35. The predicted molar refractivity (Wildman–Crippen MR) is 99.1 cm³/mol. The first-order valence-corrected chi connectivity index (χ1v) is 9.92. The predicted octanol–water partition coefficient (Wildman–Crippen LogP) is 3.24. The molecule has 1 saturated heterocycles. The van der Waals surface area contributed by atoms with Crippen molar-refractivity contribution in [3.8, 4) is 5.69 Å². The van der Waals surface area contributed by atoms with Gasteiger partial charge in [0, 0.05) is 5.69 Å². The lowest BCUT2D eigenvalue weighted by Crippen LogP contribution is -2.30. The van der Waals surface area contributed by atoms with Crippen LogP contribution in [0.3, 0.4) is 0 Å². The van der Waals surface area contributed by atoms with Gasteiger partial charge in [0.2, 0.25) is 5.89 Å². The Balaban J connectivity index is 1.58. The molecule has 0 atom stereocenters. The average molecular weight is 370 g/mol. The molecule has 0 aliphatic carbocycles. The number of hydrogen-bond acceptors (Lipinski definition) is 7. The normalized spacial score (nSPS) is 15.4. The van der Waals surface area contributed by atoms with E-state index in [1.807, 2.05) is 25.1 Å². The first-order valence-electron chi connectivity index (χ1n) is 8.93. The van der Waals surface area contributed by atoms with Crippen LogP contribution in [0.2, 0.25) is 0 Å². The van der Waals surface area contributed by atoms with Gasteiger partial charge in [0.25, 0.3) is 0 Å². The molecule has 0 bridgehead atoms. The zero-order chi connectivity index (χ0) is 17.8. The van der Waals surface area contributed by atoms with Gasteiger partial charge in [0.1, 0.15) is 0 Å². The van der Waals surface area contributed by atoms with E-state index in [4.69, 9.17) is 4.52 Å². The van der Waals surface area contributed by atoms with Crippen LogP contribution < -0.4 is 0 Å². The molecule has 0 amide bonds. The topological polar surface area (TPSA) is 72.9 Å². The summed E-state index contributed by atoms with van der Waals surface area (Å²) in [5, 5.41) is 13.6. The molecule has 1 fully saturated rings. The maximum absolute atomic E-state index is 5.21. The molecule has 26 heavy (non-hydrogen) atoms. The molecule has 0 saturated carbocycles. The largest absolute Gasteiger partial charge is 0.338 e. The van der Waals surface area contributed by atoms with E-state index in [0.29, 0.717) is 17.5 Å². The molecule has 3 aromatic rings. The van der Waals surface area contributed by atoms with Crippen molar-refractivity contribution in [2.24, 2.45) is 0 Å². The number of likely N-dealkylation sites (tertiary alicyclic amines) is 1. The monoisotopic (exact) mass is 370 g/mol. The standard InChI is InChI=1S/C18H22N6OS/c1-14-19-17(25-22-14)13-26-18-21-20-16(12-23-10-6-3-7-11-23)24(18)15-8-4-2-5-9-15/h2,4-5,8-9H,3,6-7,10-13H2,1H3. The number of rotatable bonds is 6. The maximum Gasteiger partial charge on any atom is 0.237 e. The van der Waals surface area contributed by atoms with Gasteiger partial charge in [-0.15, -0.1) is 10.2 Å². The van der Waals surface area contributed by atoms with Gasteiger partial charge in [0.05, 0.1) is 12.3 Å². The Bertz CT molecular complexity index is 841. The average Bonchev–Trinajstić information content (AvgIpc) is 3.27. The summed E-state index contributed by atoms with van der Waals surface area (Å²) in [7, 11) is 0. The number of thioether (sulfide) groups is 1. The molecule has 2 aromatic heterocycles. The number of aromatic nitrogens is 5. The first-order chi connectivity index (χ1) is 12.8. The second kappa shape index (κ2) is 8.01. The lowest BCUT2D eigenvalue weighted by Gasteiger charge is -2.26. The number of aryl methyl sites for hydroxylation is 1. The van der Waals surface area contributed by atoms with E-state index in [2.05, 4.69) is 41.9 Å². The summed E-state index contributed by atoms with van der Waals surface area (Å²) in [6, 6.07) is 10.3. The molecule has 0 spiro atoms. The molecule has 0 N–H and O–H groups in total. The van der Waals surface area contributed by atoms with Crippen LogP contribution in [0.1, 0.15) is 36.8 Å². The summed E-state index contributed by atoms with van der Waals surface area (Å²) in [5.41, 5.74) is 1.08. The van der Waals surface area contributed by atoms with Crippen molar-refractivity contribution in [1.29, 1.82) is 0 Å². The first kappa shape index (κ1) is 17.2. The summed E-state index contributed by atoms with van der Waals surface area (Å²) in [6.45, 7) is 4.90. The van der Waals surface area contributed by atoms with Crippen molar-refractivity contribution in [1.82, 2.24) is 29.8 Å². The summed E-state index contributed by atoms with van der Waals surface area (Å²) in [5.74, 6) is 2.81. The lowest BCUT2D eigenvalue weighted by atomic mass is 10.1. The Morgan fingerprint density at radius 2 is 1.88 bits per heavy atom. The van der Waals surface area contributed by atoms with Crippen LogP contribution in [0.25, 0.3) is 5.69 Å². The van der Waals surface area contributed by atoms with Gasteiger partial charge in [0.15, 0.2) is 16.8 Å².